The van der Waals surface area contributed by atoms with Gasteiger partial charge in [0.15, 0.2) is 0 Å². The summed E-state index contributed by atoms with van der Waals surface area (Å²) in [6, 6.07) is 0.000840. The van der Waals surface area contributed by atoms with Crippen molar-refractivity contribution in [2.45, 2.75) is 25.3 Å². The number of amides is 1. The molecule has 0 aromatic rings. The van der Waals surface area contributed by atoms with Crippen LogP contribution in [0.2, 0.25) is 0 Å². The van der Waals surface area contributed by atoms with Crippen molar-refractivity contribution in [3.05, 3.63) is 0 Å². The van der Waals surface area contributed by atoms with Crippen molar-refractivity contribution >= 4 is 11.9 Å². The molecule has 2 heterocycles. The van der Waals surface area contributed by atoms with E-state index in [0.717, 1.165) is 38.9 Å². The van der Waals surface area contributed by atoms with Gasteiger partial charge in [-0.25, -0.2) is 0 Å². The lowest BCUT2D eigenvalue weighted by molar-refractivity contribution is -0.143. The first-order valence-electron chi connectivity index (χ1n) is 7.02. The van der Waals surface area contributed by atoms with E-state index in [1.807, 2.05) is 9.80 Å². The third-order valence-electron chi connectivity index (χ3n) is 3.87. The summed E-state index contributed by atoms with van der Waals surface area (Å²) in [5.41, 5.74) is 0. The molecule has 0 aromatic carbocycles. The molecule has 2 saturated heterocycles. The van der Waals surface area contributed by atoms with Crippen LogP contribution in [0.1, 0.15) is 19.3 Å². The van der Waals surface area contributed by atoms with Crippen molar-refractivity contribution < 1.29 is 14.3 Å². The van der Waals surface area contributed by atoms with Crippen molar-refractivity contribution in [2.75, 3.05) is 46.4 Å². The van der Waals surface area contributed by atoms with Crippen molar-refractivity contribution in [1.82, 2.24) is 15.1 Å². The maximum atomic E-state index is 12.3. The molecule has 2 rings (SSSR count). The minimum Gasteiger partial charge on any atom is -0.468 e. The molecule has 108 valence electrons. The number of ether oxygens (including phenoxy) is 1. The minimum atomic E-state index is -0.214. The Balaban J connectivity index is 1.76. The Morgan fingerprint density at radius 1 is 1.21 bits per heavy atom. The van der Waals surface area contributed by atoms with Crippen LogP contribution in [0, 0.1) is 0 Å². The second-order valence-electron chi connectivity index (χ2n) is 5.18. The first-order valence-corrected chi connectivity index (χ1v) is 7.02. The lowest BCUT2D eigenvalue weighted by Gasteiger charge is -2.36. The van der Waals surface area contributed by atoms with E-state index in [4.69, 9.17) is 0 Å². The van der Waals surface area contributed by atoms with Gasteiger partial charge >= 0.3 is 5.97 Å². The molecule has 0 aliphatic carbocycles. The van der Waals surface area contributed by atoms with Crippen LogP contribution in [0.15, 0.2) is 0 Å². The molecule has 0 spiro atoms. The van der Waals surface area contributed by atoms with Crippen LogP contribution in [0.3, 0.4) is 0 Å². The van der Waals surface area contributed by atoms with Gasteiger partial charge in [0.1, 0.15) is 0 Å². The van der Waals surface area contributed by atoms with Crippen LogP contribution in [0.5, 0.6) is 0 Å². The quantitative estimate of drug-likeness (QED) is 0.696. The maximum Gasteiger partial charge on any atom is 0.319 e. The molecule has 19 heavy (non-hydrogen) atoms. The zero-order chi connectivity index (χ0) is 13.7. The highest BCUT2D eigenvalue weighted by Gasteiger charge is 2.28. The molecule has 0 aromatic heterocycles. The molecule has 1 amide bonds. The molecule has 6 heteroatoms. The van der Waals surface area contributed by atoms with Crippen LogP contribution < -0.4 is 5.32 Å². The summed E-state index contributed by atoms with van der Waals surface area (Å²) >= 11 is 0. The van der Waals surface area contributed by atoms with E-state index in [0.29, 0.717) is 19.6 Å². The first-order chi connectivity index (χ1) is 9.20. The molecule has 1 atom stereocenters. The van der Waals surface area contributed by atoms with E-state index in [9.17, 15) is 9.59 Å². The van der Waals surface area contributed by atoms with Gasteiger partial charge < -0.3 is 15.0 Å². The number of piperidine rings is 1. The average Bonchev–Trinajstić information content (AvgIpc) is 2.48. The van der Waals surface area contributed by atoms with Crippen LogP contribution in [-0.4, -0.2) is 74.1 Å². The number of carbonyl (C=O) groups is 2. The lowest BCUT2D eigenvalue weighted by atomic mass is 10.0. The largest absolute Gasteiger partial charge is 0.468 e. The number of nitrogens with one attached hydrogen (secondary N) is 1. The van der Waals surface area contributed by atoms with Gasteiger partial charge in [-0.1, -0.05) is 6.42 Å². The Hall–Kier alpha value is -1.14. The summed E-state index contributed by atoms with van der Waals surface area (Å²) in [5, 5.41) is 3.29. The fourth-order valence-electron chi connectivity index (χ4n) is 2.66. The highest BCUT2D eigenvalue weighted by Crippen LogP contribution is 2.11. The van der Waals surface area contributed by atoms with Crippen LogP contribution >= 0.6 is 0 Å². The zero-order valence-electron chi connectivity index (χ0n) is 11.6. The van der Waals surface area contributed by atoms with Gasteiger partial charge in [-0.15, -0.1) is 0 Å². The SMILES string of the molecule is COC(=O)CN1CCN(C(=O)[C@@H]2CCCCN2)CC1. The van der Waals surface area contributed by atoms with Crippen LogP contribution in [0.4, 0.5) is 0 Å². The molecule has 0 unspecified atom stereocenters. The third-order valence-corrected chi connectivity index (χ3v) is 3.87. The number of nitrogens with zero attached hydrogens (tertiary/aromatic N) is 2. The Morgan fingerprint density at radius 3 is 2.53 bits per heavy atom. The summed E-state index contributed by atoms with van der Waals surface area (Å²) in [6.07, 6.45) is 3.24. The zero-order valence-corrected chi connectivity index (χ0v) is 11.6. The Kier molecular flexibility index (Phi) is 5.15. The number of esters is 1. The molecule has 1 N–H and O–H groups in total. The van der Waals surface area contributed by atoms with Gasteiger partial charge in [0.2, 0.25) is 5.91 Å². The fourth-order valence-corrected chi connectivity index (χ4v) is 2.66. The van der Waals surface area contributed by atoms with E-state index < -0.39 is 0 Å². The smallest absolute Gasteiger partial charge is 0.319 e. The summed E-state index contributed by atoms with van der Waals surface area (Å²) < 4.78 is 4.65. The predicted octanol–water partition coefficient (Wildman–Crippen LogP) is -0.554. The highest BCUT2D eigenvalue weighted by atomic mass is 16.5. The first kappa shape index (κ1) is 14.3. The summed E-state index contributed by atoms with van der Waals surface area (Å²) in [7, 11) is 1.40. The highest BCUT2D eigenvalue weighted by molar-refractivity contribution is 5.82. The monoisotopic (exact) mass is 269 g/mol. The maximum absolute atomic E-state index is 12.3. The number of methoxy groups -OCH3 is 1. The van der Waals surface area contributed by atoms with Crippen molar-refractivity contribution in [3.8, 4) is 0 Å². The average molecular weight is 269 g/mol. The molecule has 2 aliphatic rings. The Morgan fingerprint density at radius 2 is 1.95 bits per heavy atom. The molecule has 0 bridgehead atoms. The Labute approximate surface area is 114 Å². The molecule has 2 fully saturated rings. The number of hydrogen-bond acceptors (Lipinski definition) is 5. The second-order valence-corrected chi connectivity index (χ2v) is 5.18. The van der Waals surface area contributed by atoms with Gasteiger partial charge in [0, 0.05) is 26.2 Å². The van der Waals surface area contributed by atoms with Gasteiger partial charge in [0.25, 0.3) is 0 Å². The molecule has 0 saturated carbocycles. The van der Waals surface area contributed by atoms with Crippen LogP contribution in [-0.2, 0) is 14.3 Å². The third kappa shape index (κ3) is 3.91. The summed E-state index contributed by atoms with van der Waals surface area (Å²) in [5.74, 6) is 0.00569. The van der Waals surface area contributed by atoms with E-state index in [-0.39, 0.29) is 17.9 Å². The van der Waals surface area contributed by atoms with Gasteiger partial charge in [-0.05, 0) is 19.4 Å². The normalized spacial score (nSPS) is 25.1. The molecule has 6 nitrogen and oxygen atoms in total. The fraction of sp³-hybridized carbons (Fsp3) is 0.846. The second kappa shape index (κ2) is 6.86. The van der Waals surface area contributed by atoms with Crippen molar-refractivity contribution in [3.63, 3.8) is 0 Å². The predicted molar refractivity (Wildman–Crippen MR) is 70.7 cm³/mol. The number of piperazine rings is 1. The van der Waals surface area contributed by atoms with E-state index >= 15 is 0 Å². The van der Waals surface area contributed by atoms with Gasteiger partial charge in [0.05, 0.1) is 19.7 Å². The lowest BCUT2D eigenvalue weighted by Crippen LogP contribution is -2.55. The van der Waals surface area contributed by atoms with Crippen LogP contribution in [0.25, 0.3) is 0 Å². The molecule has 2 aliphatic heterocycles. The number of rotatable bonds is 3. The standard InChI is InChI=1S/C13H23N3O3/c1-19-12(17)10-15-6-8-16(9-7-15)13(18)11-4-2-3-5-14-11/h11,14H,2-10H2,1H3/t11-/m0/s1. The van der Waals surface area contributed by atoms with E-state index in [1.165, 1.54) is 7.11 Å². The van der Waals surface area contributed by atoms with Gasteiger partial charge in [-0.3, -0.25) is 14.5 Å². The minimum absolute atomic E-state index is 0.000840. The molecular weight excluding hydrogens is 246 g/mol. The number of carbonyl (C=O) groups excluding carboxylic acids is 2. The van der Waals surface area contributed by atoms with E-state index in [1.54, 1.807) is 0 Å². The molecule has 0 radical (unpaired) electrons. The van der Waals surface area contributed by atoms with E-state index in [2.05, 4.69) is 10.1 Å². The number of hydrogen-bond donors (Lipinski definition) is 1. The summed E-state index contributed by atoms with van der Waals surface area (Å²) in [4.78, 5) is 27.4. The van der Waals surface area contributed by atoms with Crippen molar-refractivity contribution in [1.29, 1.82) is 0 Å². The summed E-state index contributed by atoms with van der Waals surface area (Å²) in [6.45, 7) is 4.15. The Bertz CT molecular complexity index is 321. The van der Waals surface area contributed by atoms with Crippen molar-refractivity contribution in [2.24, 2.45) is 0 Å². The topological polar surface area (TPSA) is 61.9 Å². The molecular formula is C13H23N3O3. The van der Waals surface area contributed by atoms with Gasteiger partial charge in [-0.2, -0.15) is 0 Å².